The fourth-order valence-corrected chi connectivity index (χ4v) is 4.35. The van der Waals surface area contributed by atoms with Crippen molar-refractivity contribution in [3.63, 3.8) is 0 Å². The Morgan fingerprint density at radius 3 is 2.56 bits per heavy atom. The van der Waals surface area contributed by atoms with Gasteiger partial charge in [-0.2, -0.15) is 13.2 Å². The summed E-state index contributed by atoms with van der Waals surface area (Å²) in [4.78, 5) is 46.2. The normalized spacial score (nSPS) is 19.8. The topological polar surface area (TPSA) is 116 Å². The molecule has 4 rings (SSSR count). The molecule has 0 bridgehead atoms. The zero-order chi connectivity index (χ0) is 26.3. The number of alkyl halides is 5. The number of carbonyl (C=O) groups excluding carboxylic acids is 2. The lowest BCUT2D eigenvalue weighted by molar-refractivity contribution is -0.148. The lowest BCUT2D eigenvalue weighted by Gasteiger charge is -2.35. The second-order valence-corrected chi connectivity index (χ2v) is 8.85. The van der Waals surface area contributed by atoms with Gasteiger partial charge in [-0.25, -0.2) is 23.5 Å². The summed E-state index contributed by atoms with van der Waals surface area (Å²) in [5.41, 5.74) is -0.728. The second-order valence-electron chi connectivity index (χ2n) is 8.85. The maximum absolute atomic E-state index is 13.8. The van der Waals surface area contributed by atoms with Crippen LogP contribution in [0.3, 0.4) is 0 Å². The van der Waals surface area contributed by atoms with Crippen molar-refractivity contribution in [2.75, 3.05) is 19.6 Å². The molecular weight excluding hydrogens is 493 g/mol. The predicted octanol–water partition coefficient (Wildman–Crippen LogP) is 2.62. The average molecular weight is 515 g/mol. The smallest absolute Gasteiger partial charge is 0.433 e. The lowest BCUT2D eigenvalue weighted by atomic mass is 9.99. The Labute approximate surface area is 201 Å². The van der Waals surface area contributed by atoms with Crippen LogP contribution >= 0.6 is 0 Å². The van der Waals surface area contributed by atoms with Crippen molar-refractivity contribution in [2.45, 2.75) is 50.4 Å². The van der Waals surface area contributed by atoms with Crippen LogP contribution in [-0.2, 0) is 28.7 Å². The van der Waals surface area contributed by atoms with E-state index in [0.29, 0.717) is 5.57 Å². The van der Waals surface area contributed by atoms with Gasteiger partial charge in [-0.3, -0.25) is 9.59 Å². The van der Waals surface area contributed by atoms with Crippen LogP contribution in [0.15, 0.2) is 18.2 Å². The Bertz CT molecular complexity index is 1150. The van der Waals surface area contributed by atoms with Gasteiger partial charge in [-0.05, 0) is 6.42 Å². The van der Waals surface area contributed by atoms with E-state index in [1.165, 1.54) is 4.90 Å². The largest absolute Gasteiger partial charge is 0.465 e. The summed E-state index contributed by atoms with van der Waals surface area (Å²) in [5, 5.41) is 11.2. The van der Waals surface area contributed by atoms with Gasteiger partial charge in [0.15, 0.2) is 11.5 Å². The molecule has 194 valence electrons. The van der Waals surface area contributed by atoms with Crippen molar-refractivity contribution in [1.82, 2.24) is 25.1 Å². The summed E-state index contributed by atoms with van der Waals surface area (Å²) in [6, 6.07) is -1.19. The molecule has 1 aromatic heterocycles. The Morgan fingerprint density at radius 2 is 1.94 bits per heavy atom. The van der Waals surface area contributed by atoms with Crippen LogP contribution in [0.2, 0.25) is 0 Å². The van der Waals surface area contributed by atoms with E-state index < -0.39 is 74.1 Å². The first kappa shape index (κ1) is 25.5. The van der Waals surface area contributed by atoms with E-state index in [0.717, 1.165) is 4.90 Å². The number of carbonyl (C=O) groups is 3. The van der Waals surface area contributed by atoms with Crippen molar-refractivity contribution >= 4 is 23.5 Å². The number of aromatic nitrogens is 2. The van der Waals surface area contributed by atoms with Crippen LogP contribution in [0.5, 0.6) is 0 Å². The third-order valence-electron chi connectivity index (χ3n) is 6.16. The molecule has 9 nitrogen and oxygen atoms in total. The maximum atomic E-state index is 13.8. The fraction of sp³-hybridized carbons (Fsp3) is 0.500. The molecule has 14 heteroatoms. The SMILES string of the molecule is O=C(O)N[C@@H](CC(=O)N1CCc2c(nc(C3=CC=C3)nc2C(F)(F)F)C1)CN1CC(F)(F)CCC1=O. The monoisotopic (exact) mass is 515 g/mol. The van der Waals surface area contributed by atoms with Crippen LogP contribution < -0.4 is 5.32 Å². The lowest BCUT2D eigenvalue weighted by Crippen LogP contribution is -2.53. The number of allylic oxidation sites excluding steroid dienone is 4. The predicted molar refractivity (Wildman–Crippen MR) is 114 cm³/mol. The number of carboxylic acid groups (broad SMARTS) is 1. The minimum absolute atomic E-state index is 0.0294. The van der Waals surface area contributed by atoms with Gasteiger partial charge in [0, 0.05) is 43.5 Å². The number of fused-ring (bicyclic) bond motifs is 1. The molecule has 1 aromatic rings. The van der Waals surface area contributed by atoms with E-state index in [1.807, 2.05) is 0 Å². The summed E-state index contributed by atoms with van der Waals surface area (Å²) >= 11 is 0. The number of nitrogens with zero attached hydrogens (tertiary/aromatic N) is 4. The molecule has 1 aliphatic carbocycles. The highest BCUT2D eigenvalue weighted by molar-refractivity contribution is 5.80. The molecule has 0 spiro atoms. The van der Waals surface area contributed by atoms with Gasteiger partial charge in [0.1, 0.15) is 0 Å². The van der Waals surface area contributed by atoms with Crippen LogP contribution in [0.4, 0.5) is 26.7 Å². The van der Waals surface area contributed by atoms with Crippen LogP contribution in [0, 0.1) is 0 Å². The second kappa shape index (κ2) is 9.47. The van der Waals surface area contributed by atoms with Gasteiger partial charge in [0.25, 0.3) is 5.92 Å². The van der Waals surface area contributed by atoms with Gasteiger partial charge in [0.2, 0.25) is 11.8 Å². The number of halogens is 5. The average Bonchev–Trinajstić information content (AvgIpc) is 2.72. The molecule has 3 amide bonds. The Kier molecular flexibility index (Phi) is 6.71. The molecule has 2 aliphatic heterocycles. The molecule has 0 aromatic carbocycles. The van der Waals surface area contributed by atoms with E-state index in [9.17, 15) is 36.3 Å². The maximum Gasteiger partial charge on any atom is 0.433 e. The highest BCUT2D eigenvalue weighted by Crippen LogP contribution is 2.35. The number of piperidine rings is 1. The number of hydrogen-bond donors (Lipinski definition) is 2. The van der Waals surface area contributed by atoms with Gasteiger partial charge in [-0.15, -0.1) is 0 Å². The molecule has 3 heterocycles. The summed E-state index contributed by atoms with van der Waals surface area (Å²) in [6.07, 6.45) is -3.15. The highest BCUT2D eigenvalue weighted by Gasteiger charge is 2.41. The molecule has 36 heavy (non-hydrogen) atoms. The molecule has 1 atom stereocenters. The van der Waals surface area contributed by atoms with Crippen molar-refractivity contribution in [3.8, 4) is 0 Å². The Morgan fingerprint density at radius 1 is 1.22 bits per heavy atom. The molecule has 1 saturated heterocycles. The molecule has 0 saturated carbocycles. The van der Waals surface area contributed by atoms with E-state index in [-0.39, 0.29) is 36.6 Å². The van der Waals surface area contributed by atoms with Gasteiger partial charge >= 0.3 is 12.3 Å². The summed E-state index contributed by atoms with van der Waals surface area (Å²) in [5.74, 6) is -4.44. The fourth-order valence-electron chi connectivity index (χ4n) is 4.35. The van der Waals surface area contributed by atoms with Crippen molar-refractivity contribution in [1.29, 1.82) is 0 Å². The van der Waals surface area contributed by atoms with Crippen LogP contribution in [0.1, 0.15) is 42.0 Å². The quantitative estimate of drug-likeness (QED) is 0.563. The first-order valence-electron chi connectivity index (χ1n) is 11.1. The molecular formula is C22H22F5N5O4. The molecule has 1 fully saturated rings. The number of amides is 3. The zero-order valence-corrected chi connectivity index (χ0v) is 18.8. The number of nitrogens with one attached hydrogen (secondary N) is 1. The van der Waals surface area contributed by atoms with Gasteiger partial charge < -0.3 is 20.2 Å². The Balaban J connectivity index is 1.50. The molecule has 2 N–H and O–H groups in total. The van der Waals surface area contributed by atoms with Crippen LogP contribution in [-0.4, -0.2) is 74.4 Å². The number of likely N-dealkylation sites (tertiary alicyclic amines) is 1. The Hall–Kier alpha value is -3.58. The molecule has 3 aliphatic rings. The number of rotatable bonds is 6. The first-order chi connectivity index (χ1) is 16.8. The van der Waals surface area contributed by atoms with E-state index >= 15 is 0 Å². The minimum Gasteiger partial charge on any atom is -0.465 e. The van der Waals surface area contributed by atoms with Gasteiger partial charge in [0.05, 0.1) is 24.8 Å². The summed E-state index contributed by atoms with van der Waals surface area (Å²) < 4.78 is 68.5. The first-order valence-corrected chi connectivity index (χ1v) is 11.1. The third-order valence-corrected chi connectivity index (χ3v) is 6.16. The van der Waals surface area contributed by atoms with Crippen molar-refractivity contribution in [3.05, 3.63) is 41.0 Å². The zero-order valence-electron chi connectivity index (χ0n) is 18.8. The van der Waals surface area contributed by atoms with Crippen LogP contribution in [0.25, 0.3) is 5.57 Å². The highest BCUT2D eigenvalue weighted by atomic mass is 19.4. The van der Waals surface area contributed by atoms with Gasteiger partial charge in [-0.1, -0.05) is 18.2 Å². The van der Waals surface area contributed by atoms with E-state index in [2.05, 4.69) is 15.3 Å². The minimum atomic E-state index is -4.72. The third kappa shape index (κ3) is 5.62. The van der Waals surface area contributed by atoms with E-state index in [4.69, 9.17) is 5.11 Å². The van der Waals surface area contributed by atoms with Crippen molar-refractivity contribution < 1.29 is 41.4 Å². The number of hydrogen-bond acceptors (Lipinski definition) is 5. The van der Waals surface area contributed by atoms with E-state index in [1.54, 1.807) is 18.2 Å². The summed E-state index contributed by atoms with van der Waals surface area (Å²) in [6.45, 7) is -1.69. The molecule has 0 unspecified atom stereocenters. The van der Waals surface area contributed by atoms with Crippen molar-refractivity contribution in [2.24, 2.45) is 0 Å². The summed E-state index contributed by atoms with van der Waals surface area (Å²) in [7, 11) is 0. The molecule has 0 radical (unpaired) electrons. The standard InChI is InChI=1S/C22H22F5N5O4/c23-21(24)6-4-16(33)32(11-21)9-13(28-20(35)36)8-17(34)31-7-5-14-15(10-31)29-19(12-2-1-3-12)30-18(14)22(25,26)27/h1-3,13,28H,4-11H2,(H,35,36)/t13-/m0/s1.